The summed E-state index contributed by atoms with van der Waals surface area (Å²) in [4.78, 5) is 13.5. The highest BCUT2D eigenvalue weighted by molar-refractivity contribution is 9.10. The molecule has 1 amide bonds. The molecule has 0 radical (unpaired) electrons. The van der Waals surface area contributed by atoms with Crippen molar-refractivity contribution in [1.82, 2.24) is 4.90 Å². The van der Waals surface area contributed by atoms with Gasteiger partial charge in [0.05, 0.1) is 0 Å². The van der Waals surface area contributed by atoms with Crippen LogP contribution in [0.15, 0.2) is 22.7 Å². The molecule has 1 aliphatic rings. The molecule has 1 aromatic carbocycles. The number of hydrogen-bond acceptors (Lipinski definition) is 3. The van der Waals surface area contributed by atoms with Crippen molar-refractivity contribution in [1.29, 1.82) is 0 Å². The fourth-order valence-electron chi connectivity index (χ4n) is 2.04. The quantitative estimate of drug-likeness (QED) is 0.929. The minimum absolute atomic E-state index is 0.0357. The summed E-state index contributed by atoms with van der Waals surface area (Å²) < 4.78 is 6.77. The van der Waals surface area contributed by atoms with Gasteiger partial charge in [-0.2, -0.15) is 0 Å². The molecule has 1 aromatic rings. The molecule has 0 spiro atoms. The van der Waals surface area contributed by atoms with Crippen molar-refractivity contribution < 1.29 is 9.53 Å². The summed E-state index contributed by atoms with van der Waals surface area (Å²) in [5.41, 5.74) is 6.83. The lowest BCUT2D eigenvalue weighted by molar-refractivity contribution is -0.132. The molecule has 1 unspecified atom stereocenters. The van der Waals surface area contributed by atoms with Gasteiger partial charge in [-0.05, 0) is 25.1 Å². The second kappa shape index (κ2) is 5.28. The minimum atomic E-state index is -0.381. The van der Waals surface area contributed by atoms with Gasteiger partial charge in [-0.25, -0.2) is 0 Å². The summed E-state index contributed by atoms with van der Waals surface area (Å²) in [6.07, 6.45) is 0.345. The van der Waals surface area contributed by atoms with E-state index in [9.17, 15) is 4.79 Å². The molecule has 0 aromatic heterocycles. The smallest absolute Gasteiger partial charge is 0.263 e. The van der Waals surface area contributed by atoms with Gasteiger partial charge in [-0.3, -0.25) is 4.79 Å². The Labute approximate surface area is 115 Å². The number of nitrogens with zero attached hydrogens (tertiary/aromatic N) is 1. The van der Waals surface area contributed by atoms with E-state index in [0.29, 0.717) is 5.75 Å². The lowest BCUT2D eigenvalue weighted by atomic mass is 10.1. The van der Waals surface area contributed by atoms with Crippen LogP contribution in [0.4, 0.5) is 0 Å². The predicted octanol–water partition coefficient (Wildman–Crippen LogP) is 2.08. The van der Waals surface area contributed by atoms with Gasteiger partial charge >= 0.3 is 0 Å². The molecule has 2 N–H and O–H groups in total. The number of rotatable bonds is 3. The number of halogens is 1. The molecular weight excluding hydrogens is 296 g/mol. The van der Waals surface area contributed by atoms with Crippen LogP contribution in [-0.4, -0.2) is 30.5 Å². The van der Waals surface area contributed by atoms with Gasteiger partial charge in [-0.1, -0.05) is 15.9 Å². The monoisotopic (exact) mass is 312 g/mol. The summed E-state index contributed by atoms with van der Waals surface area (Å²) in [5, 5.41) is 0. The van der Waals surface area contributed by atoms with Crippen LogP contribution in [0.25, 0.3) is 0 Å². The maximum atomic E-state index is 11.8. The van der Waals surface area contributed by atoms with Gasteiger partial charge in [0.25, 0.3) is 5.91 Å². The van der Waals surface area contributed by atoms with Crippen molar-refractivity contribution in [2.45, 2.75) is 25.5 Å². The Morgan fingerprint density at radius 3 is 2.83 bits per heavy atom. The maximum Gasteiger partial charge on any atom is 0.263 e. The Morgan fingerprint density at radius 1 is 1.56 bits per heavy atom. The van der Waals surface area contributed by atoms with E-state index in [1.165, 1.54) is 0 Å². The van der Waals surface area contributed by atoms with Crippen molar-refractivity contribution in [2.75, 3.05) is 13.6 Å². The van der Waals surface area contributed by atoms with E-state index in [1.54, 1.807) is 11.9 Å². The summed E-state index contributed by atoms with van der Waals surface area (Å²) in [6, 6.07) is 5.55. The number of ether oxygens (including phenoxy) is 1. The summed E-state index contributed by atoms with van der Waals surface area (Å²) in [6.45, 7) is 2.64. The van der Waals surface area contributed by atoms with Gasteiger partial charge in [0.2, 0.25) is 0 Å². The zero-order valence-electron chi connectivity index (χ0n) is 10.5. The fraction of sp³-hybridized carbons (Fsp3) is 0.462. The second-order valence-corrected chi connectivity index (χ2v) is 5.54. The van der Waals surface area contributed by atoms with E-state index < -0.39 is 0 Å². The van der Waals surface area contributed by atoms with E-state index in [0.717, 1.165) is 23.0 Å². The van der Waals surface area contributed by atoms with Crippen molar-refractivity contribution in [3.05, 3.63) is 28.2 Å². The maximum absolute atomic E-state index is 11.8. The normalized spacial score (nSPS) is 21.2. The van der Waals surface area contributed by atoms with E-state index in [4.69, 9.17) is 10.5 Å². The van der Waals surface area contributed by atoms with Crippen LogP contribution in [0.1, 0.15) is 24.9 Å². The first-order valence-electron chi connectivity index (χ1n) is 5.95. The third-order valence-corrected chi connectivity index (χ3v) is 3.60. The van der Waals surface area contributed by atoms with E-state index >= 15 is 0 Å². The number of likely N-dealkylation sites (N-methyl/N-ethyl adjacent to an activating group) is 1. The average Bonchev–Trinajstić information content (AvgIpc) is 2.63. The molecule has 18 heavy (non-hydrogen) atoms. The molecule has 2 rings (SSSR count). The van der Waals surface area contributed by atoms with Crippen LogP contribution < -0.4 is 10.5 Å². The molecule has 4 nitrogen and oxygen atoms in total. The van der Waals surface area contributed by atoms with Crippen LogP contribution in [-0.2, 0) is 4.79 Å². The third kappa shape index (κ3) is 2.67. The number of amides is 1. The summed E-state index contributed by atoms with van der Waals surface area (Å²) >= 11 is 3.41. The van der Waals surface area contributed by atoms with Crippen LogP contribution >= 0.6 is 15.9 Å². The first-order chi connectivity index (χ1) is 8.49. The number of hydrogen-bond donors (Lipinski definition) is 1. The van der Waals surface area contributed by atoms with E-state index in [1.807, 2.05) is 25.1 Å². The molecule has 0 saturated carbocycles. The van der Waals surface area contributed by atoms with Gasteiger partial charge < -0.3 is 15.4 Å². The zero-order chi connectivity index (χ0) is 13.3. The molecule has 1 aliphatic heterocycles. The zero-order valence-corrected chi connectivity index (χ0v) is 12.1. The highest BCUT2D eigenvalue weighted by atomic mass is 79.9. The molecular formula is C13H17BrN2O2. The van der Waals surface area contributed by atoms with E-state index in [-0.39, 0.29) is 18.1 Å². The van der Waals surface area contributed by atoms with Crippen LogP contribution in [0.5, 0.6) is 5.75 Å². The molecule has 1 fully saturated rings. The third-order valence-electron chi connectivity index (χ3n) is 3.11. The van der Waals surface area contributed by atoms with Gasteiger partial charge in [-0.15, -0.1) is 0 Å². The van der Waals surface area contributed by atoms with E-state index in [2.05, 4.69) is 15.9 Å². The van der Waals surface area contributed by atoms with Crippen LogP contribution in [0.3, 0.4) is 0 Å². The molecule has 5 heteroatoms. The minimum Gasteiger partial charge on any atom is -0.480 e. The number of benzene rings is 1. The van der Waals surface area contributed by atoms with Crippen molar-refractivity contribution in [3.63, 3.8) is 0 Å². The molecule has 1 heterocycles. The predicted molar refractivity (Wildman–Crippen MR) is 73.4 cm³/mol. The van der Waals surface area contributed by atoms with Crippen LogP contribution in [0, 0.1) is 0 Å². The Hall–Kier alpha value is -1.07. The van der Waals surface area contributed by atoms with Crippen molar-refractivity contribution in [2.24, 2.45) is 5.73 Å². The molecule has 0 bridgehead atoms. The Morgan fingerprint density at radius 2 is 2.28 bits per heavy atom. The summed E-state index contributed by atoms with van der Waals surface area (Å²) in [5.74, 6) is 0.732. The van der Waals surface area contributed by atoms with Crippen molar-refractivity contribution in [3.8, 4) is 5.75 Å². The highest BCUT2D eigenvalue weighted by Gasteiger charge is 2.31. The molecule has 98 valence electrons. The van der Waals surface area contributed by atoms with Gasteiger partial charge in [0, 0.05) is 36.1 Å². The average molecular weight is 313 g/mol. The fourth-order valence-corrected chi connectivity index (χ4v) is 2.41. The highest BCUT2D eigenvalue weighted by Crippen LogP contribution is 2.29. The number of carbonyl (C=O) groups excluding carboxylic acids is 1. The standard InChI is InChI=1S/C13H17BrN2O2/c1-8(15)10-7-9(14)3-4-11(10)18-12-5-6-16(2)13(12)17/h3-4,7-8,12H,5-6,15H2,1-2H3/t8-,12?/m0/s1. The number of likely N-dealkylation sites (tertiary alicyclic amines) is 1. The van der Waals surface area contributed by atoms with Crippen molar-refractivity contribution >= 4 is 21.8 Å². The topological polar surface area (TPSA) is 55.6 Å². The number of carbonyl (C=O) groups is 1. The molecule has 1 saturated heterocycles. The summed E-state index contributed by atoms with van der Waals surface area (Å²) in [7, 11) is 1.79. The molecule has 2 atom stereocenters. The Kier molecular flexibility index (Phi) is 3.92. The second-order valence-electron chi connectivity index (χ2n) is 4.63. The SMILES string of the molecule is C[C@H](N)c1cc(Br)ccc1OC1CCN(C)C1=O. The Balaban J connectivity index is 2.21. The molecule has 0 aliphatic carbocycles. The Bertz CT molecular complexity index is 462. The van der Waals surface area contributed by atoms with Crippen LogP contribution in [0.2, 0.25) is 0 Å². The van der Waals surface area contributed by atoms with Gasteiger partial charge in [0.15, 0.2) is 6.10 Å². The lowest BCUT2D eigenvalue weighted by Gasteiger charge is -2.18. The largest absolute Gasteiger partial charge is 0.480 e. The first-order valence-corrected chi connectivity index (χ1v) is 6.75. The van der Waals surface area contributed by atoms with Gasteiger partial charge in [0.1, 0.15) is 5.75 Å². The number of nitrogens with two attached hydrogens (primary N) is 1. The first kappa shape index (κ1) is 13.4. The lowest BCUT2D eigenvalue weighted by Crippen LogP contribution is -2.29.